The fourth-order valence-corrected chi connectivity index (χ4v) is 2.51. The van der Waals surface area contributed by atoms with Gasteiger partial charge in [0.2, 0.25) is 0 Å². The highest BCUT2D eigenvalue weighted by Crippen LogP contribution is 2.26. The Balaban J connectivity index is 2.64. The van der Waals surface area contributed by atoms with E-state index in [9.17, 15) is 13.2 Å². The topological polar surface area (TPSA) is 48.9 Å². The predicted octanol–water partition coefficient (Wildman–Crippen LogP) is 2.84. The van der Waals surface area contributed by atoms with E-state index in [2.05, 4.69) is 39.1 Å². The lowest BCUT2D eigenvalue weighted by atomic mass is 9.93. The number of alkyl halides is 3. The van der Waals surface area contributed by atoms with Crippen LogP contribution in [0.3, 0.4) is 0 Å². The molecule has 5 nitrogen and oxygen atoms in total. The van der Waals surface area contributed by atoms with E-state index in [1.54, 1.807) is 19.2 Å². The van der Waals surface area contributed by atoms with E-state index in [-0.39, 0.29) is 17.7 Å². The molecule has 0 radical (unpaired) electrons. The third kappa shape index (κ3) is 8.62. The van der Waals surface area contributed by atoms with Gasteiger partial charge in [-0.05, 0) is 25.6 Å². The minimum absolute atomic E-state index is 0.0123. The van der Waals surface area contributed by atoms with Crippen molar-refractivity contribution in [2.75, 3.05) is 34.2 Å². The van der Waals surface area contributed by atoms with E-state index in [1.807, 2.05) is 14.1 Å². The highest BCUT2D eigenvalue weighted by molar-refractivity contribution is 5.79. The van der Waals surface area contributed by atoms with Gasteiger partial charge in [0, 0.05) is 32.2 Å². The first-order valence-corrected chi connectivity index (χ1v) is 7.95. The summed E-state index contributed by atoms with van der Waals surface area (Å²) >= 11 is 0. The fraction of sp³-hybridized carbons (Fsp3) is 0.588. The van der Waals surface area contributed by atoms with Crippen molar-refractivity contribution < 1.29 is 17.9 Å². The smallest absolute Gasteiger partial charge is 0.405 e. The summed E-state index contributed by atoms with van der Waals surface area (Å²) in [6, 6.07) is 6.04. The average Bonchev–Trinajstić information content (AvgIpc) is 2.46. The molecule has 0 bridgehead atoms. The summed E-state index contributed by atoms with van der Waals surface area (Å²) < 4.78 is 41.4. The monoisotopic (exact) mass is 360 g/mol. The van der Waals surface area contributed by atoms with E-state index < -0.39 is 6.36 Å². The van der Waals surface area contributed by atoms with Gasteiger partial charge < -0.3 is 20.3 Å². The van der Waals surface area contributed by atoms with Crippen molar-refractivity contribution in [3.05, 3.63) is 29.8 Å². The van der Waals surface area contributed by atoms with Crippen molar-refractivity contribution in [3.63, 3.8) is 0 Å². The molecule has 0 aliphatic carbocycles. The van der Waals surface area contributed by atoms with Crippen molar-refractivity contribution in [1.29, 1.82) is 0 Å². The van der Waals surface area contributed by atoms with Crippen LogP contribution in [0.1, 0.15) is 19.4 Å². The maximum Gasteiger partial charge on any atom is 0.573 e. The largest absolute Gasteiger partial charge is 0.573 e. The van der Waals surface area contributed by atoms with Crippen LogP contribution in [0.2, 0.25) is 0 Å². The van der Waals surface area contributed by atoms with Gasteiger partial charge in [0.15, 0.2) is 5.96 Å². The van der Waals surface area contributed by atoms with Crippen LogP contribution in [-0.4, -0.2) is 51.5 Å². The molecule has 0 atom stereocenters. The van der Waals surface area contributed by atoms with Crippen LogP contribution in [0.25, 0.3) is 0 Å². The fourth-order valence-electron chi connectivity index (χ4n) is 2.51. The van der Waals surface area contributed by atoms with Crippen molar-refractivity contribution in [1.82, 2.24) is 15.5 Å². The van der Waals surface area contributed by atoms with E-state index in [0.717, 1.165) is 6.54 Å². The van der Waals surface area contributed by atoms with E-state index in [0.29, 0.717) is 18.1 Å². The molecule has 0 aromatic heterocycles. The summed E-state index contributed by atoms with van der Waals surface area (Å²) in [5, 5.41) is 6.22. The number of hydrogen-bond acceptors (Lipinski definition) is 3. The van der Waals surface area contributed by atoms with Gasteiger partial charge in [-0.2, -0.15) is 0 Å². The zero-order valence-electron chi connectivity index (χ0n) is 15.4. The maximum atomic E-state index is 12.5. The Morgan fingerprint density at radius 1 is 1.16 bits per heavy atom. The number of guanidine groups is 1. The summed E-state index contributed by atoms with van der Waals surface area (Å²) in [4.78, 5) is 6.21. The number of nitrogens with zero attached hydrogens (tertiary/aromatic N) is 2. The Hall–Kier alpha value is -1.96. The van der Waals surface area contributed by atoms with Gasteiger partial charge in [-0.1, -0.05) is 32.0 Å². The Bertz CT molecular complexity index is 571. The number of para-hydroxylation sites is 1. The van der Waals surface area contributed by atoms with E-state index in [4.69, 9.17) is 0 Å². The molecule has 0 amide bonds. The number of rotatable bonds is 7. The molecule has 8 heteroatoms. The molecular formula is C17H27F3N4O. The zero-order chi connectivity index (χ0) is 19.1. The Kier molecular flexibility index (Phi) is 7.54. The Labute approximate surface area is 147 Å². The summed E-state index contributed by atoms with van der Waals surface area (Å²) in [6.07, 6.45) is -4.72. The van der Waals surface area contributed by atoms with Crippen LogP contribution in [0.15, 0.2) is 29.3 Å². The van der Waals surface area contributed by atoms with Gasteiger partial charge in [0.1, 0.15) is 5.75 Å². The predicted molar refractivity (Wildman–Crippen MR) is 93.7 cm³/mol. The molecule has 0 spiro atoms. The molecule has 142 valence electrons. The molecule has 0 saturated carbocycles. The van der Waals surface area contributed by atoms with Crippen LogP contribution in [0, 0.1) is 5.41 Å². The number of nitrogens with one attached hydrogen (secondary N) is 2. The van der Waals surface area contributed by atoms with Crippen LogP contribution in [0.4, 0.5) is 13.2 Å². The van der Waals surface area contributed by atoms with Crippen LogP contribution < -0.4 is 15.4 Å². The molecule has 0 unspecified atom stereocenters. The molecule has 0 saturated heterocycles. The van der Waals surface area contributed by atoms with Crippen LogP contribution in [-0.2, 0) is 6.54 Å². The molecule has 2 N–H and O–H groups in total. The molecule has 0 aliphatic heterocycles. The third-order valence-corrected chi connectivity index (χ3v) is 3.35. The highest BCUT2D eigenvalue weighted by Gasteiger charge is 2.32. The SMILES string of the molecule is CN=C(NCc1ccccc1OC(F)(F)F)NCC(C)(C)CN(C)C. The Morgan fingerprint density at radius 3 is 2.36 bits per heavy atom. The van der Waals surface area contributed by atoms with Gasteiger partial charge in [-0.25, -0.2) is 0 Å². The van der Waals surface area contributed by atoms with Crippen molar-refractivity contribution >= 4 is 5.96 Å². The second-order valence-corrected chi connectivity index (χ2v) is 6.84. The van der Waals surface area contributed by atoms with Crippen molar-refractivity contribution in [2.45, 2.75) is 26.8 Å². The summed E-state index contributed by atoms with van der Waals surface area (Å²) in [7, 11) is 5.63. The van der Waals surface area contributed by atoms with E-state index >= 15 is 0 Å². The number of hydrogen-bond donors (Lipinski definition) is 2. The first kappa shape index (κ1) is 21.1. The molecule has 0 aliphatic rings. The van der Waals surface area contributed by atoms with Crippen molar-refractivity contribution in [2.24, 2.45) is 10.4 Å². The zero-order valence-corrected chi connectivity index (χ0v) is 15.4. The summed E-state index contributed by atoms with van der Waals surface area (Å²) in [5.74, 6) is 0.305. The van der Waals surface area contributed by atoms with Gasteiger partial charge >= 0.3 is 6.36 Å². The molecule has 0 fully saturated rings. The minimum atomic E-state index is -4.72. The number of halogens is 3. The van der Waals surface area contributed by atoms with Gasteiger partial charge in [-0.3, -0.25) is 4.99 Å². The minimum Gasteiger partial charge on any atom is -0.405 e. The lowest BCUT2D eigenvalue weighted by Crippen LogP contribution is -2.44. The Morgan fingerprint density at radius 2 is 1.80 bits per heavy atom. The second-order valence-electron chi connectivity index (χ2n) is 6.84. The number of ether oxygens (including phenoxy) is 1. The molecule has 1 rings (SSSR count). The first-order chi connectivity index (χ1) is 11.5. The quantitative estimate of drug-likeness (QED) is 0.580. The average molecular weight is 360 g/mol. The standard InChI is InChI=1S/C17H27F3N4O/c1-16(2,12-24(4)5)11-23-15(21-3)22-10-13-8-6-7-9-14(13)25-17(18,19)20/h6-9H,10-12H2,1-5H3,(H2,21,22,23). The molecule has 1 aromatic rings. The lowest BCUT2D eigenvalue weighted by Gasteiger charge is -2.29. The van der Waals surface area contributed by atoms with E-state index in [1.165, 1.54) is 12.1 Å². The second kappa shape index (κ2) is 8.94. The lowest BCUT2D eigenvalue weighted by molar-refractivity contribution is -0.274. The molecule has 0 heterocycles. The first-order valence-electron chi connectivity index (χ1n) is 7.95. The van der Waals surface area contributed by atoms with Crippen molar-refractivity contribution in [3.8, 4) is 5.75 Å². The molecular weight excluding hydrogens is 333 g/mol. The van der Waals surface area contributed by atoms with Crippen LogP contribution >= 0.6 is 0 Å². The molecule has 25 heavy (non-hydrogen) atoms. The third-order valence-electron chi connectivity index (χ3n) is 3.35. The number of aliphatic imine (C=N–C) groups is 1. The normalized spacial score (nSPS) is 13.1. The van der Waals surface area contributed by atoms with Gasteiger partial charge in [0.25, 0.3) is 0 Å². The maximum absolute atomic E-state index is 12.5. The highest BCUT2D eigenvalue weighted by atomic mass is 19.4. The number of benzene rings is 1. The summed E-state index contributed by atoms with van der Waals surface area (Å²) in [5.41, 5.74) is 0.411. The van der Waals surface area contributed by atoms with Gasteiger partial charge in [-0.15, -0.1) is 13.2 Å². The summed E-state index contributed by atoms with van der Waals surface area (Å²) in [6.45, 7) is 5.98. The molecule has 1 aromatic carbocycles. The van der Waals surface area contributed by atoms with Crippen LogP contribution in [0.5, 0.6) is 5.75 Å². The van der Waals surface area contributed by atoms with Gasteiger partial charge in [0.05, 0.1) is 0 Å².